The first kappa shape index (κ1) is 21.1. The van der Waals surface area contributed by atoms with Crippen LogP contribution in [0.25, 0.3) is 0 Å². The fraction of sp³-hybridized carbons (Fsp3) is 0.409. The van der Waals surface area contributed by atoms with Crippen molar-refractivity contribution in [3.63, 3.8) is 0 Å². The van der Waals surface area contributed by atoms with Crippen molar-refractivity contribution >= 4 is 11.9 Å². The molecule has 0 saturated carbocycles. The molecule has 1 aromatic carbocycles. The number of carboxylic acid groups (broad SMARTS) is 1. The van der Waals surface area contributed by atoms with Gasteiger partial charge in [-0.1, -0.05) is 6.08 Å². The van der Waals surface area contributed by atoms with E-state index in [4.69, 9.17) is 16.2 Å². The largest absolute Gasteiger partial charge is 0.493 e. The van der Waals surface area contributed by atoms with Crippen molar-refractivity contribution < 1.29 is 19.4 Å². The summed E-state index contributed by atoms with van der Waals surface area (Å²) < 4.78 is 7.50. The normalized spacial score (nSPS) is 26.1. The molecule has 1 amide bonds. The molecule has 6 N–H and O–H groups in total. The third-order valence-electron chi connectivity index (χ3n) is 6.25. The molecule has 9 nitrogen and oxygen atoms in total. The Morgan fingerprint density at radius 3 is 2.84 bits per heavy atom. The summed E-state index contributed by atoms with van der Waals surface area (Å²) in [6.45, 7) is 8.40. The monoisotopic (exact) mass is 425 g/mol. The molecule has 1 aliphatic carbocycles. The predicted octanol–water partition coefficient (Wildman–Crippen LogP) is 1.68. The highest BCUT2D eigenvalue weighted by Crippen LogP contribution is 2.55. The highest BCUT2D eigenvalue weighted by Gasteiger charge is 2.56. The average Bonchev–Trinajstić information content (AvgIpc) is 3.22. The number of nitrogens with one attached hydrogen (secondary N) is 1. The maximum atomic E-state index is 13.2. The summed E-state index contributed by atoms with van der Waals surface area (Å²) in [5, 5.41) is 16.8. The molecule has 1 aliphatic heterocycles. The van der Waals surface area contributed by atoms with Gasteiger partial charge in [-0.3, -0.25) is 9.48 Å². The number of carbonyl (C=O) groups excluding carboxylic acids is 1. The van der Waals surface area contributed by atoms with E-state index in [1.54, 1.807) is 16.8 Å². The topological polar surface area (TPSA) is 145 Å². The van der Waals surface area contributed by atoms with Crippen molar-refractivity contribution in [2.24, 2.45) is 17.4 Å². The molecule has 4 rings (SSSR count). The molecule has 2 aromatic rings. The third-order valence-corrected chi connectivity index (χ3v) is 6.25. The molecule has 0 spiro atoms. The fourth-order valence-electron chi connectivity index (χ4n) is 4.89. The number of amides is 1. The predicted molar refractivity (Wildman–Crippen MR) is 114 cm³/mol. The molecule has 2 aliphatic rings. The number of hydrogen-bond donors (Lipinski definition) is 4. The van der Waals surface area contributed by atoms with E-state index < -0.39 is 17.7 Å². The molecular formula is C22H27N5O4. The Balaban J connectivity index is 1.80. The van der Waals surface area contributed by atoms with Gasteiger partial charge in [-0.25, -0.2) is 4.79 Å². The fourth-order valence-corrected chi connectivity index (χ4v) is 4.89. The van der Waals surface area contributed by atoms with Crippen LogP contribution in [-0.2, 0) is 6.54 Å². The summed E-state index contributed by atoms with van der Waals surface area (Å²) in [5.41, 5.74) is 14.6. The second-order valence-corrected chi connectivity index (χ2v) is 8.21. The van der Waals surface area contributed by atoms with Crippen LogP contribution >= 0.6 is 0 Å². The first-order valence-corrected chi connectivity index (χ1v) is 10.3. The Bertz CT molecular complexity index is 1080. The van der Waals surface area contributed by atoms with Crippen LogP contribution < -0.4 is 21.5 Å². The molecule has 0 saturated heterocycles. The standard InChI is InChI=1S/C22H27N5O4/c1-4-6-12-10-31-16-9-13(21(29)30)8-14-17(16)18(12)22(24,19(14)23)25-20(28)15-7-11(3)26-27(15)5-2/h4,7-9,12,18-19H,1,5-6,10,23-24H2,2-3H3,(H,25,28)(H,29,30)/t12-,18?,19?,22+/m0/s1. The maximum Gasteiger partial charge on any atom is 0.335 e. The number of aryl methyl sites for hydroxylation is 2. The highest BCUT2D eigenvalue weighted by molar-refractivity contribution is 5.94. The SMILES string of the molecule is C=CC[C@H]1COc2cc(C(=O)O)cc3c2C1[C@@](N)(NC(=O)c1cc(C)nn1CC)C3N. The number of ether oxygens (including phenoxy) is 1. The van der Waals surface area contributed by atoms with Gasteiger partial charge in [-0.15, -0.1) is 6.58 Å². The number of benzene rings is 1. The second kappa shape index (κ2) is 7.51. The quantitative estimate of drug-likeness (QED) is 0.407. The van der Waals surface area contributed by atoms with E-state index in [9.17, 15) is 14.7 Å². The van der Waals surface area contributed by atoms with E-state index in [2.05, 4.69) is 17.0 Å². The van der Waals surface area contributed by atoms with E-state index in [-0.39, 0.29) is 23.3 Å². The summed E-state index contributed by atoms with van der Waals surface area (Å²) in [5.74, 6) is -1.44. The number of allylic oxidation sites excluding steroid dienone is 1. The second-order valence-electron chi connectivity index (χ2n) is 8.21. The van der Waals surface area contributed by atoms with Gasteiger partial charge in [0, 0.05) is 23.9 Å². The zero-order valence-corrected chi connectivity index (χ0v) is 17.6. The summed E-state index contributed by atoms with van der Waals surface area (Å²) >= 11 is 0. The number of nitrogens with two attached hydrogens (primary N) is 2. The van der Waals surface area contributed by atoms with Crippen LogP contribution in [0.15, 0.2) is 30.9 Å². The molecule has 0 radical (unpaired) electrons. The molecule has 0 fully saturated rings. The van der Waals surface area contributed by atoms with Crippen molar-refractivity contribution in [3.8, 4) is 5.75 Å². The summed E-state index contributed by atoms with van der Waals surface area (Å²) in [7, 11) is 0. The van der Waals surface area contributed by atoms with Gasteiger partial charge in [-0.05, 0) is 44.0 Å². The zero-order valence-electron chi connectivity index (χ0n) is 17.6. The highest BCUT2D eigenvalue weighted by atomic mass is 16.5. The van der Waals surface area contributed by atoms with E-state index in [1.165, 1.54) is 12.1 Å². The number of nitrogens with zero attached hydrogens (tertiary/aromatic N) is 2. The van der Waals surface area contributed by atoms with Crippen LogP contribution in [-0.4, -0.2) is 39.0 Å². The first-order chi connectivity index (χ1) is 14.7. The van der Waals surface area contributed by atoms with Crippen molar-refractivity contribution in [3.05, 3.63) is 58.9 Å². The number of hydrogen-bond acceptors (Lipinski definition) is 6. The molecule has 164 valence electrons. The number of carbonyl (C=O) groups is 2. The molecule has 2 heterocycles. The lowest BCUT2D eigenvalue weighted by molar-refractivity contribution is 0.0695. The van der Waals surface area contributed by atoms with E-state index in [0.717, 1.165) is 11.3 Å². The van der Waals surface area contributed by atoms with E-state index in [1.807, 2.05) is 13.8 Å². The van der Waals surface area contributed by atoms with Gasteiger partial charge in [0.2, 0.25) is 0 Å². The van der Waals surface area contributed by atoms with Gasteiger partial charge in [-0.2, -0.15) is 5.10 Å². The molecule has 4 atom stereocenters. The Labute approximate surface area is 180 Å². The number of aromatic carboxylic acids is 1. The Kier molecular flexibility index (Phi) is 5.10. The van der Waals surface area contributed by atoms with Gasteiger partial charge < -0.3 is 26.6 Å². The van der Waals surface area contributed by atoms with Crippen LogP contribution in [0.5, 0.6) is 5.75 Å². The molecule has 1 aromatic heterocycles. The molecule has 0 bridgehead atoms. The van der Waals surface area contributed by atoms with Crippen molar-refractivity contribution in [1.29, 1.82) is 0 Å². The maximum absolute atomic E-state index is 13.2. The van der Waals surface area contributed by atoms with E-state index >= 15 is 0 Å². The third kappa shape index (κ3) is 3.21. The number of aromatic nitrogens is 2. The smallest absolute Gasteiger partial charge is 0.335 e. The van der Waals surface area contributed by atoms with Crippen LogP contribution in [0.4, 0.5) is 0 Å². The molecule has 31 heavy (non-hydrogen) atoms. The minimum absolute atomic E-state index is 0.0698. The Morgan fingerprint density at radius 1 is 1.45 bits per heavy atom. The van der Waals surface area contributed by atoms with Crippen molar-refractivity contribution in [1.82, 2.24) is 15.1 Å². The Morgan fingerprint density at radius 2 is 2.19 bits per heavy atom. The number of rotatable bonds is 6. The summed E-state index contributed by atoms with van der Waals surface area (Å²) in [4.78, 5) is 24.9. The van der Waals surface area contributed by atoms with Crippen LogP contribution in [0.3, 0.4) is 0 Å². The van der Waals surface area contributed by atoms with Crippen molar-refractivity contribution in [2.45, 2.75) is 44.4 Å². The number of carboxylic acids is 1. The minimum Gasteiger partial charge on any atom is -0.493 e. The minimum atomic E-state index is -1.33. The lowest BCUT2D eigenvalue weighted by atomic mass is 9.77. The lowest BCUT2D eigenvalue weighted by Gasteiger charge is -2.41. The van der Waals surface area contributed by atoms with Gasteiger partial charge in [0.1, 0.15) is 17.1 Å². The van der Waals surface area contributed by atoms with Gasteiger partial charge >= 0.3 is 5.97 Å². The summed E-state index contributed by atoms with van der Waals surface area (Å²) in [6, 6.07) is 3.91. The van der Waals surface area contributed by atoms with Crippen LogP contribution in [0, 0.1) is 12.8 Å². The van der Waals surface area contributed by atoms with Gasteiger partial charge in [0.05, 0.1) is 23.9 Å². The van der Waals surface area contributed by atoms with E-state index in [0.29, 0.717) is 36.6 Å². The summed E-state index contributed by atoms with van der Waals surface area (Å²) in [6.07, 6.45) is 2.39. The average molecular weight is 425 g/mol. The first-order valence-electron chi connectivity index (χ1n) is 10.3. The van der Waals surface area contributed by atoms with Crippen LogP contribution in [0.1, 0.15) is 63.0 Å². The lowest BCUT2D eigenvalue weighted by Crippen LogP contribution is -2.64. The molecule has 2 unspecified atom stereocenters. The Hall–Kier alpha value is -3.17. The van der Waals surface area contributed by atoms with Gasteiger partial charge in [0.15, 0.2) is 0 Å². The molecular weight excluding hydrogens is 398 g/mol. The van der Waals surface area contributed by atoms with Crippen molar-refractivity contribution in [2.75, 3.05) is 6.61 Å². The van der Waals surface area contributed by atoms with Crippen LogP contribution in [0.2, 0.25) is 0 Å². The van der Waals surface area contributed by atoms with Gasteiger partial charge in [0.25, 0.3) is 5.91 Å². The zero-order chi connectivity index (χ0) is 22.5. The molecule has 9 heteroatoms.